The van der Waals surface area contributed by atoms with Gasteiger partial charge in [0.1, 0.15) is 5.69 Å². The maximum Gasteiger partial charge on any atom is 0.270 e. The van der Waals surface area contributed by atoms with E-state index in [1.807, 2.05) is 0 Å². The summed E-state index contributed by atoms with van der Waals surface area (Å²) in [5.74, 6) is -0.0784. The van der Waals surface area contributed by atoms with Gasteiger partial charge in [0.2, 0.25) is 0 Å². The van der Waals surface area contributed by atoms with Crippen LogP contribution in [0.3, 0.4) is 0 Å². The number of hydrogen-bond acceptors (Lipinski definition) is 4. The Balaban J connectivity index is 1.89. The predicted molar refractivity (Wildman–Crippen MR) is 55.2 cm³/mol. The first-order valence-corrected chi connectivity index (χ1v) is 5.64. The summed E-state index contributed by atoms with van der Waals surface area (Å²) < 4.78 is 0. The van der Waals surface area contributed by atoms with Gasteiger partial charge in [-0.25, -0.2) is 4.98 Å². The normalized spacial score (nSPS) is 26.4. The van der Waals surface area contributed by atoms with E-state index >= 15 is 0 Å². The topological polar surface area (TPSA) is 68.0 Å². The first-order chi connectivity index (χ1) is 6.75. The number of hydrogen-bond donors (Lipinski definition) is 2. The smallest absolute Gasteiger partial charge is 0.270 e. The fraction of sp³-hybridized carbons (Fsp3) is 0.556. The van der Waals surface area contributed by atoms with Gasteiger partial charge in [-0.3, -0.25) is 4.79 Å². The van der Waals surface area contributed by atoms with Gasteiger partial charge in [0.25, 0.3) is 5.91 Å². The molecule has 14 heavy (non-hydrogen) atoms. The zero-order chi connectivity index (χ0) is 9.97. The van der Waals surface area contributed by atoms with E-state index in [-0.39, 0.29) is 18.0 Å². The summed E-state index contributed by atoms with van der Waals surface area (Å²) in [5.41, 5.74) is 7.93. The minimum atomic E-state index is -0.0784. The van der Waals surface area contributed by atoms with Crippen molar-refractivity contribution in [2.75, 3.05) is 0 Å². The largest absolute Gasteiger partial charge is 0.348 e. The summed E-state index contributed by atoms with van der Waals surface area (Å²) >= 11 is 1.43. The van der Waals surface area contributed by atoms with E-state index < -0.39 is 0 Å². The average molecular weight is 211 g/mol. The molecule has 4 nitrogen and oxygen atoms in total. The van der Waals surface area contributed by atoms with Crippen molar-refractivity contribution in [3.8, 4) is 0 Å². The first-order valence-electron chi connectivity index (χ1n) is 4.70. The molecule has 1 saturated carbocycles. The molecule has 1 aliphatic carbocycles. The Kier molecular flexibility index (Phi) is 2.79. The van der Waals surface area contributed by atoms with E-state index in [0.29, 0.717) is 5.69 Å². The van der Waals surface area contributed by atoms with Crippen molar-refractivity contribution in [3.05, 3.63) is 16.6 Å². The van der Waals surface area contributed by atoms with Crippen molar-refractivity contribution in [1.82, 2.24) is 10.3 Å². The summed E-state index contributed by atoms with van der Waals surface area (Å²) in [6.07, 6.45) is 2.87. The monoisotopic (exact) mass is 211 g/mol. The fourth-order valence-corrected chi connectivity index (χ4v) is 2.26. The lowest BCUT2D eigenvalue weighted by Gasteiger charge is -2.10. The van der Waals surface area contributed by atoms with Gasteiger partial charge in [0.05, 0.1) is 5.51 Å². The van der Waals surface area contributed by atoms with E-state index in [1.54, 1.807) is 10.9 Å². The fourth-order valence-electron chi connectivity index (χ4n) is 1.73. The summed E-state index contributed by atoms with van der Waals surface area (Å²) in [6, 6.07) is 0.481. The summed E-state index contributed by atoms with van der Waals surface area (Å²) in [4.78, 5) is 15.5. The molecule has 0 spiro atoms. The van der Waals surface area contributed by atoms with Gasteiger partial charge >= 0.3 is 0 Å². The number of rotatable bonds is 2. The van der Waals surface area contributed by atoms with Crippen molar-refractivity contribution < 1.29 is 4.79 Å². The van der Waals surface area contributed by atoms with Crippen LogP contribution in [-0.4, -0.2) is 23.0 Å². The van der Waals surface area contributed by atoms with Gasteiger partial charge in [0, 0.05) is 17.5 Å². The Bertz CT molecular complexity index is 312. The number of carbonyl (C=O) groups is 1. The van der Waals surface area contributed by atoms with Gasteiger partial charge in [-0.2, -0.15) is 0 Å². The zero-order valence-corrected chi connectivity index (χ0v) is 8.59. The van der Waals surface area contributed by atoms with Gasteiger partial charge in [0.15, 0.2) is 0 Å². The number of nitrogens with two attached hydrogens (primary N) is 1. The summed E-state index contributed by atoms with van der Waals surface area (Å²) in [5, 5.41) is 4.69. The third-order valence-corrected chi connectivity index (χ3v) is 3.06. The molecule has 1 aromatic rings. The van der Waals surface area contributed by atoms with Crippen molar-refractivity contribution >= 4 is 17.2 Å². The molecular formula is C9H13N3OS. The number of aromatic nitrogens is 1. The highest BCUT2D eigenvalue weighted by Gasteiger charge is 2.23. The molecule has 0 aliphatic heterocycles. The minimum absolute atomic E-state index is 0.0784. The second kappa shape index (κ2) is 4.06. The Labute approximate surface area is 86.5 Å². The molecule has 3 N–H and O–H groups in total. The van der Waals surface area contributed by atoms with Gasteiger partial charge < -0.3 is 11.1 Å². The van der Waals surface area contributed by atoms with Crippen LogP contribution in [0.5, 0.6) is 0 Å². The molecule has 1 heterocycles. The van der Waals surface area contributed by atoms with Crippen LogP contribution in [0.25, 0.3) is 0 Å². The van der Waals surface area contributed by atoms with Crippen LogP contribution >= 0.6 is 11.3 Å². The Hall–Kier alpha value is -0.940. The zero-order valence-electron chi connectivity index (χ0n) is 7.77. The SMILES string of the molecule is NC1CCC(NC(=O)c2cscn2)C1. The molecule has 1 aromatic heterocycles. The van der Waals surface area contributed by atoms with Crippen LogP contribution < -0.4 is 11.1 Å². The van der Waals surface area contributed by atoms with Crippen molar-refractivity contribution in [3.63, 3.8) is 0 Å². The van der Waals surface area contributed by atoms with E-state index in [1.165, 1.54) is 11.3 Å². The average Bonchev–Trinajstić information content (AvgIpc) is 2.75. The number of nitrogens with zero attached hydrogens (tertiary/aromatic N) is 1. The molecule has 1 aliphatic rings. The Morgan fingerprint density at radius 2 is 2.50 bits per heavy atom. The summed E-state index contributed by atoms with van der Waals surface area (Å²) in [6.45, 7) is 0. The quantitative estimate of drug-likeness (QED) is 0.758. The van der Waals surface area contributed by atoms with Crippen LogP contribution in [0, 0.1) is 0 Å². The molecule has 0 aromatic carbocycles. The first kappa shape index (κ1) is 9.61. The predicted octanol–water partition coefficient (Wildman–Crippen LogP) is 0.753. The van der Waals surface area contributed by atoms with E-state index in [2.05, 4.69) is 10.3 Å². The molecule has 5 heteroatoms. The lowest BCUT2D eigenvalue weighted by Crippen LogP contribution is -2.34. The van der Waals surface area contributed by atoms with Crippen LogP contribution in [-0.2, 0) is 0 Å². The van der Waals surface area contributed by atoms with Crippen LogP contribution in [0.1, 0.15) is 29.8 Å². The standard InChI is InChI=1S/C9H13N3OS/c10-6-1-2-7(3-6)12-9(13)8-4-14-5-11-8/h4-7H,1-3,10H2,(H,12,13). The molecule has 2 rings (SSSR count). The molecule has 2 atom stereocenters. The number of amides is 1. The highest BCUT2D eigenvalue weighted by Crippen LogP contribution is 2.17. The second-order valence-corrected chi connectivity index (χ2v) is 4.34. The highest BCUT2D eigenvalue weighted by atomic mass is 32.1. The van der Waals surface area contributed by atoms with E-state index in [0.717, 1.165) is 19.3 Å². The highest BCUT2D eigenvalue weighted by molar-refractivity contribution is 7.07. The second-order valence-electron chi connectivity index (χ2n) is 3.62. The summed E-state index contributed by atoms with van der Waals surface area (Å²) in [7, 11) is 0. The molecular weight excluding hydrogens is 198 g/mol. The lowest BCUT2D eigenvalue weighted by atomic mass is 10.2. The van der Waals surface area contributed by atoms with Gasteiger partial charge in [-0.05, 0) is 19.3 Å². The van der Waals surface area contributed by atoms with Crippen LogP contribution in [0.4, 0.5) is 0 Å². The molecule has 1 amide bonds. The molecule has 76 valence electrons. The Morgan fingerprint density at radius 1 is 1.64 bits per heavy atom. The number of carbonyl (C=O) groups excluding carboxylic acids is 1. The van der Waals surface area contributed by atoms with Crippen molar-refractivity contribution in [2.24, 2.45) is 5.73 Å². The maximum absolute atomic E-state index is 11.6. The maximum atomic E-state index is 11.6. The van der Waals surface area contributed by atoms with Gasteiger partial charge in [-0.1, -0.05) is 0 Å². The molecule has 0 bridgehead atoms. The van der Waals surface area contributed by atoms with Crippen LogP contribution in [0.2, 0.25) is 0 Å². The van der Waals surface area contributed by atoms with Gasteiger partial charge in [-0.15, -0.1) is 11.3 Å². The van der Waals surface area contributed by atoms with Crippen molar-refractivity contribution in [2.45, 2.75) is 31.3 Å². The van der Waals surface area contributed by atoms with E-state index in [4.69, 9.17) is 5.73 Å². The molecule has 0 saturated heterocycles. The van der Waals surface area contributed by atoms with Crippen molar-refractivity contribution in [1.29, 1.82) is 0 Å². The number of thiazole rings is 1. The number of nitrogens with one attached hydrogen (secondary N) is 1. The third kappa shape index (κ3) is 2.10. The lowest BCUT2D eigenvalue weighted by molar-refractivity contribution is 0.0933. The Morgan fingerprint density at radius 3 is 3.07 bits per heavy atom. The third-order valence-electron chi connectivity index (χ3n) is 2.47. The molecule has 1 fully saturated rings. The molecule has 2 unspecified atom stereocenters. The molecule has 0 radical (unpaired) electrons. The minimum Gasteiger partial charge on any atom is -0.348 e. The van der Waals surface area contributed by atoms with E-state index in [9.17, 15) is 4.79 Å². The van der Waals surface area contributed by atoms with Crippen LogP contribution in [0.15, 0.2) is 10.9 Å².